The van der Waals surface area contributed by atoms with Crippen LogP contribution in [0.3, 0.4) is 0 Å². The number of allylic oxidation sites excluding steroid dienone is 1. The number of ketones is 1. The molecule has 0 amide bonds. The number of hydrogen-bond donors (Lipinski definition) is 1. The molecule has 0 radical (unpaired) electrons. The molecule has 0 heterocycles. The second kappa shape index (κ2) is 8.40. The summed E-state index contributed by atoms with van der Waals surface area (Å²) >= 11 is 0. The molecule has 7 heteroatoms. The van der Waals surface area contributed by atoms with Gasteiger partial charge in [-0.05, 0) is 68.4 Å². The number of carboxylic acids is 1. The molecule has 2 saturated carbocycles. The maximum absolute atomic E-state index is 13.6. The average Bonchev–Trinajstić information content (AvgIpc) is 3.01. The first-order chi connectivity index (χ1) is 14.4. The Morgan fingerprint density at radius 3 is 2.39 bits per heavy atom. The van der Waals surface area contributed by atoms with Gasteiger partial charge in [0.1, 0.15) is 6.10 Å². The second-order valence-corrected chi connectivity index (χ2v) is 10.1. The third-order valence-electron chi connectivity index (χ3n) is 8.06. The quantitative estimate of drug-likeness (QED) is 0.659. The van der Waals surface area contributed by atoms with Crippen molar-refractivity contribution in [3.8, 4) is 0 Å². The van der Waals surface area contributed by atoms with E-state index in [-0.39, 0.29) is 30.1 Å². The van der Waals surface area contributed by atoms with Crippen LogP contribution in [0, 0.1) is 34.5 Å². The number of hydrogen-bond acceptors (Lipinski definition) is 6. The van der Waals surface area contributed by atoms with Gasteiger partial charge in [-0.25, -0.2) is 0 Å². The lowest BCUT2D eigenvalue weighted by Gasteiger charge is -2.53. The summed E-state index contributed by atoms with van der Waals surface area (Å²) in [4.78, 5) is 49.7. The number of rotatable bonds is 5. The van der Waals surface area contributed by atoms with E-state index in [0.29, 0.717) is 31.3 Å². The van der Waals surface area contributed by atoms with E-state index in [2.05, 4.69) is 0 Å². The van der Waals surface area contributed by atoms with Gasteiger partial charge in [-0.1, -0.05) is 13.8 Å². The van der Waals surface area contributed by atoms with Crippen molar-refractivity contribution in [1.82, 2.24) is 0 Å². The molecule has 31 heavy (non-hydrogen) atoms. The summed E-state index contributed by atoms with van der Waals surface area (Å²) < 4.78 is 11.0. The Bertz CT molecular complexity index is 813. The van der Waals surface area contributed by atoms with Crippen LogP contribution >= 0.6 is 0 Å². The van der Waals surface area contributed by atoms with Crippen LogP contribution in [-0.2, 0) is 28.7 Å². The van der Waals surface area contributed by atoms with Gasteiger partial charge in [-0.2, -0.15) is 0 Å². The number of carbonyl (C=O) groups is 4. The highest BCUT2D eigenvalue weighted by molar-refractivity contribution is 5.95. The van der Waals surface area contributed by atoms with E-state index in [1.165, 1.54) is 19.9 Å². The minimum absolute atomic E-state index is 0.00729. The van der Waals surface area contributed by atoms with Crippen LogP contribution in [0.5, 0.6) is 0 Å². The van der Waals surface area contributed by atoms with Crippen LogP contribution in [0.25, 0.3) is 0 Å². The molecule has 2 fully saturated rings. The van der Waals surface area contributed by atoms with Crippen molar-refractivity contribution in [3.05, 3.63) is 11.6 Å². The first-order valence-corrected chi connectivity index (χ1v) is 11.2. The Balaban J connectivity index is 2.12. The SMILES string of the molecule is CC(=O)OCC12CCC3(C(=O)O)C(C(C)C)CCC3C1C(=O)C=C(C)C(OC(C)=O)C2. The number of ether oxygens (including phenoxy) is 2. The molecule has 6 atom stereocenters. The van der Waals surface area contributed by atoms with E-state index in [1.54, 1.807) is 6.92 Å². The van der Waals surface area contributed by atoms with Crippen LogP contribution in [0.2, 0.25) is 0 Å². The molecule has 0 bridgehead atoms. The number of fused-ring (bicyclic) bond motifs is 3. The van der Waals surface area contributed by atoms with Gasteiger partial charge in [0.15, 0.2) is 5.78 Å². The highest BCUT2D eigenvalue weighted by Crippen LogP contribution is 2.65. The zero-order valence-corrected chi connectivity index (χ0v) is 19.1. The number of carbonyl (C=O) groups excluding carboxylic acids is 3. The lowest BCUT2D eigenvalue weighted by Crippen LogP contribution is -2.57. The van der Waals surface area contributed by atoms with Crippen molar-refractivity contribution in [1.29, 1.82) is 0 Å². The molecule has 0 aromatic rings. The summed E-state index contributed by atoms with van der Waals surface area (Å²) in [6.45, 7) is 8.54. The summed E-state index contributed by atoms with van der Waals surface area (Å²) in [5.41, 5.74) is -1.07. The zero-order valence-electron chi connectivity index (χ0n) is 19.1. The van der Waals surface area contributed by atoms with Gasteiger partial charge < -0.3 is 14.6 Å². The van der Waals surface area contributed by atoms with Crippen molar-refractivity contribution in [2.75, 3.05) is 6.61 Å². The lowest BCUT2D eigenvalue weighted by molar-refractivity contribution is -0.178. The van der Waals surface area contributed by atoms with Gasteiger partial charge in [0.05, 0.1) is 12.0 Å². The molecule has 0 aromatic carbocycles. The molecule has 172 valence electrons. The highest BCUT2D eigenvalue weighted by Gasteiger charge is 2.67. The fraction of sp³-hybridized carbons (Fsp3) is 0.750. The molecule has 0 aromatic heterocycles. The largest absolute Gasteiger partial charge is 0.481 e. The van der Waals surface area contributed by atoms with Crippen LogP contribution < -0.4 is 0 Å². The summed E-state index contributed by atoms with van der Waals surface area (Å²) in [7, 11) is 0. The molecule has 1 N–H and O–H groups in total. The summed E-state index contributed by atoms with van der Waals surface area (Å²) in [6.07, 6.45) is 3.54. The topological polar surface area (TPSA) is 107 Å². The predicted molar refractivity (Wildman–Crippen MR) is 112 cm³/mol. The molecular formula is C24H34O7. The fourth-order valence-electron chi connectivity index (χ4n) is 6.84. The minimum Gasteiger partial charge on any atom is -0.481 e. The molecule has 7 nitrogen and oxygen atoms in total. The Hall–Kier alpha value is -2.18. The first kappa shape index (κ1) is 23.5. The van der Waals surface area contributed by atoms with Gasteiger partial charge in [0.25, 0.3) is 0 Å². The maximum Gasteiger partial charge on any atom is 0.310 e. The lowest BCUT2D eigenvalue weighted by atomic mass is 9.49. The van der Waals surface area contributed by atoms with E-state index in [4.69, 9.17) is 9.47 Å². The Kier molecular flexibility index (Phi) is 6.36. The van der Waals surface area contributed by atoms with Crippen LogP contribution in [0.15, 0.2) is 11.6 Å². The van der Waals surface area contributed by atoms with Gasteiger partial charge in [-0.3, -0.25) is 19.2 Å². The molecule has 0 saturated heterocycles. The second-order valence-electron chi connectivity index (χ2n) is 10.1. The summed E-state index contributed by atoms with van der Waals surface area (Å²) in [5, 5.41) is 10.4. The van der Waals surface area contributed by atoms with Crippen molar-refractivity contribution in [2.45, 2.75) is 72.8 Å². The predicted octanol–water partition coefficient (Wildman–Crippen LogP) is 3.55. The van der Waals surface area contributed by atoms with E-state index in [9.17, 15) is 24.3 Å². The van der Waals surface area contributed by atoms with Crippen molar-refractivity contribution in [2.24, 2.45) is 34.5 Å². The minimum atomic E-state index is -0.961. The summed E-state index contributed by atoms with van der Waals surface area (Å²) in [5.74, 6) is -2.60. The van der Waals surface area contributed by atoms with Crippen molar-refractivity contribution < 1.29 is 33.8 Å². The van der Waals surface area contributed by atoms with Crippen LogP contribution in [0.4, 0.5) is 0 Å². The molecular weight excluding hydrogens is 400 g/mol. The van der Waals surface area contributed by atoms with Crippen LogP contribution in [0.1, 0.15) is 66.7 Å². The molecule has 0 aliphatic heterocycles. The van der Waals surface area contributed by atoms with Gasteiger partial charge in [0, 0.05) is 25.2 Å². The smallest absolute Gasteiger partial charge is 0.310 e. The van der Waals surface area contributed by atoms with Gasteiger partial charge >= 0.3 is 17.9 Å². The Labute approximate surface area is 183 Å². The third-order valence-corrected chi connectivity index (χ3v) is 8.06. The monoisotopic (exact) mass is 434 g/mol. The number of aliphatic carboxylic acids is 1. The first-order valence-electron chi connectivity index (χ1n) is 11.2. The van der Waals surface area contributed by atoms with Gasteiger partial charge in [-0.15, -0.1) is 0 Å². The molecule has 3 rings (SSSR count). The third kappa shape index (κ3) is 3.92. The maximum atomic E-state index is 13.6. The van der Waals surface area contributed by atoms with Crippen LogP contribution in [-0.4, -0.2) is 41.5 Å². The number of carboxylic acid groups (broad SMARTS) is 1. The molecule has 0 spiro atoms. The van der Waals surface area contributed by atoms with Crippen molar-refractivity contribution in [3.63, 3.8) is 0 Å². The van der Waals surface area contributed by atoms with Gasteiger partial charge in [0.2, 0.25) is 0 Å². The molecule has 3 aliphatic carbocycles. The summed E-state index contributed by atoms with van der Waals surface area (Å²) in [6, 6.07) is 0. The van der Waals surface area contributed by atoms with E-state index >= 15 is 0 Å². The van der Waals surface area contributed by atoms with E-state index in [0.717, 1.165) is 6.42 Å². The fourth-order valence-corrected chi connectivity index (χ4v) is 6.84. The van der Waals surface area contributed by atoms with Crippen molar-refractivity contribution >= 4 is 23.7 Å². The number of esters is 2. The normalized spacial score (nSPS) is 37.4. The Morgan fingerprint density at radius 1 is 1.16 bits per heavy atom. The molecule has 6 unspecified atom stereocenters. The molecule has 3 aliphatic rings. The Morgan fingerprint density at radius 2 is 1.84 bits per heavy atom. The standard InChI is InChI=1S/C24H34O7/c1-13(2)17-6-7-18-21-19(27)10-14(3)20(31-16(5)26)11-23(21,12-30-15(4)25)8-9-24(17,18)22(28)29/h10,13,17-18,20-21H,6-9,11-12H2,1-5H3,(H,28,29). The average molecular weight is 435 g/mol. The highest BCUT2D eigenvalue weighted by atomic mass is 16.5. The zero-order chi connectivity index (χ0) is 23.1. The van der Waals surface area contributed by atoms with E-state index < -0.39 is 40.8 Å². The van der Waals surface area contributed by atoms with E-state index in [1.807, 2.05) is 13.8 Å².